The Labute approximate surface area is 84.7 Å². The second-order valence-corrected chi connectivity index (χ2v) is 3.58. The fraction of sp³-hybridized carbons (Fsp3) is 0.250. The predicted molar refractivity (Wildman–Crippen MR) is 52.0 cm³/mol. The van der Waals surface area contributed by atoms with Crippen molar-refractivity contribution in [1.29, 1.82) is 0 Å². The molecule has 1 heterocycles. The Hall–Kier alpha value is -1.40. The molecule has 0 unspecified atom stereocenters. The molecule has 5 nitrogen and oxygen atoms in total. The van der Waals surface area contributed by atoms with Gasteiger partial charge >= 0.3 is 5.97 Å². The minimum atomic E-state index is -1.02. The van der Waals surface area contributed by atoms with Crippen molar-refractivity contribution in [1.82, 2.24) is 10.9 Å². The van der Waals surface area contributed by atoms with E-state index >= 15 is 0 Å². The monoisotopic (exact) mass is 214 g/mol. The number of hydrogen-bond donors (Lipinski definition) is 3. The fourth-order valence-corrected chi connectivity index (χ4v) is 1.32. The predicted octanol–water partition coefficient (Wildman–Crippen LogP) is 0.456. The van der Waals surface area contributed by atoms with Crippen LogP contribution in [-0.2, 0) is 4.79 Å². The smallest absolute Gasteiger partial charge is 0.322 e. The summed E-state index contributed by atoms with van der Waals surface area (Å²) < 4.78 is 0. The number of thiophene rings is 1. The Morgan fingerprint density at radius 2 is 2.29 bits per heavy atom. The van der Waals surface area contributed by atoms with E-state index in [1.807, 2.05) is 0 Å². The molecule has 0 aromatic carbocycles. The summed E-state index contributed by atoms with van der Waals surface area (Å²) >= 11 is 1.29. The molecule has 1 aromatic rings. The van der Waals surface area contributed by atoms with Crippen LogP contribution >= 0.6 is 11.3 Å². The summed E-state index contributed by atoms with van der Waals surface area (Å²) in [6, 6.07) is 2.60. The van der Waals surface area contributed by atoms with Crippen molar-refractivity contribution >= 4 is 23.2 Å². The Morgan fingerprint density at radius 1 is 1.57 bits per heavy atom. The summed E-state index contributed by atoms with van der Waals surface area (Å²) in [4.78, 5) is 22.2. The molecule has 76 valence electrons. The first-order valence-electron chi connectivity index (χ1n) is 3.93. The molecule has 0 saturated heterocycles. The van der Waals surface area contributed by atoms with Crippen molar-refractivity contribution in [3.05, 3.63) is 22.4 Å². The summed E-state index contributed by atoms with van der Waals surface area (Å²) in [5.74, 6) is -1.34. The molecule has 0 aliphatic rings. The Kier molecular flexibility index (Phi) is 3.61. The van der Waals surface area contributed by atoms with Gasteiger partial charge < -0.3 is 5.11 Å². The van der Waals surface area contributed by atoms with Crippen LogP contribution in [0.1, 0.15) is 16.6 Å². The standard InChI is InChI=1S/C8H10N2O3S/c1-5(8(12)13)9-10-7(11)6-3-2-4-14-6/h2-5,9H,1H3,(H,10,11)(H,12,13)/t5-/m0/s1. The van der Waals surface area contributed by atoms with E-state index in [4.69, 9.17) is 5.11 Å². The SMILES string of the molecule is C[C@H](NNC(=O)c1cccs1)C(=O)O. The highest BCUT2D eigenvalue weighted by molar-refractivity contribution is 7.12. The molecule has 1 atom stereocenters. The molecule has 0 spiro atoms. The first kappa shape index (κ1) is 10.7. The van der Waals surface area contributed by atoms with Gasteiger partial charge in [0.05, 0.1) is 4.88 Å². The minimum absolute atomic E-state index is 0.326. The summed E-state index contributed by atoms with van der Waals surface area (Å²) in [6.45, 7) is 1.44. The maximum absolute atomic E-state index is 11.3. The Bertz CT molecular complexity index is 323. The van der Waals surface area contributed by atoms with E-state index in [9.17, 15) is 9.59 Å². The first-order chi connectivity index (χ1) is 6.61. The summed E-state index contributed by atoms with van der Waals surface area (Å²) in [5, 5.41) is 10.3. The van der Waals surface area contributed by atoms with Crippen LogP contribution in [0, 0.1) is 0 Å². The molecule has 6 heteroatoms. The average molecular weight is 214 g/mol. The van der Waals surface area contributed by atoms with Gasteiger partial charge in [0, 0.05) is 0 Å². The highest BCUT2D eigenvalue weighted by Crippen LogP contribution is 2.06. The van der Waals surface area contributed by atoms with E-state index in [1.165, 1.54) is 18.3 Å². The second-order valence-electron chi connectivity index (χ2n) is 2.64. The van der Waals surface area contributed by atoms with Crippen LogP contribution in [0.5, 0.6) is 0 Å². The topological polar surface area (TPSA) is 78.4 Å². The molecular weight excluding hydrogens is 204 g/mol. The molecule has 0 bridgehead atoms. The van der Waals surface area contributed by atoms with Gasteiger partial charge in [0.1, 0.15) is 6.04 Å². The molecule has 0 aliphatic heterocycles. The number of carbonyl (C=O) groups is 2. The molecule has 0 aliphatic carbocycles. The summed E-state index contributed by atoms with van der Waals surface area (Å²) in [6.07, 6.45) is 0. The van der Waals surface area contributed by atoms with E-state index in [0.29, 0.717) is 4.88 Å². The molecule has 1 aromatic heterocycles. The lowest BCUT2D eigenvalue weighted by molar-refractivity contribution is -0.139. The normalized spacial score (nSPS) is 12.1. The molecule has 3 N–H and O–H groups in total. The third-order valence-electron chi connectivity index (χ3n) is 1.52. The third-order valence-corrected chi connectivity index (χ3v) is 2.39. The molecule has 0 saturated carbocycles. The van der Waals surface area contributed by atoms with Gasteiger partial charge in [-0.3, -0.25) is 15.0 Å². The number of nitrogens with one attached hydrogen (secondary N) is 2. The van der Waals surface area contributed by atoms with Gasteiger partial charge in [0.25, 0.3) is 5.91 Å². The zero-order valence-corrected chi connectivity index (χ0v) is 8.30. The van der Waals surface area contributed by atoms with Gasteiger partial charge in [-0.1, -0.05) is 6.07 Å². The van der Waals surface area contributed by atoms with Gasteiger partial charge in [-0.15, -0.1) is 11.3 Å². The number of carboxylic acids is 1. The van der Waals surface area contributed by atoms with Crippen LogP contribution in [0.3, 0.4) is 0 Å². The highest BCUT2D eigenvalue weighted by atomic mass is 32.1. The van der Waals surface area contributed by atoms with Crippen molar-refractivity contribution in [3.8, 4) is 0 Å². The van der Waals surface area contributed by atoms with Crippen molar-refractivity contribution in [3.63, 3.8) is 0 Å². The fourth-order valence-electron chi connectivity index (χ4n) is 0.705. The van der Waals surface area contributed by atoms with Crippen molar-refractivity contribution < 1.29 is 14.7 Å². The summed E-state index contributed by atoms with van der Waals surface area (Å²) in [5.41, 5.74) is 4.68. The van der Waals surface area contributed by atoms with Crippen LogP contribution in [-0.4, -0.2) is 23.0 Å². The molecular formula is C8H10N2O3S. The van der Waals surface area contributed by atoms with Crippen LogP contribution in [0.4, 0.5) is 0 Å². The Balaban J connectivity index is 2.40. The molecule has 1 amide bonds. The van der Waals surface area contributed by atoms with E-state index < -0.39 is 12.0 Å². The van der Waals surface area contributed by atoms with Gasteiger partial charge in [0.2, 0.25) is 0 Å². The number of hydrogen-bond acceptors (Lipinski definition) is 4. The van der Waals surface area contributed by atoms with Gasteiger partial charge in [-0.2, -0.15) is 0 Å². The number of amides is 1. The van der Waals surface area contributed by atoms with Crippen LogP contribution < -0.4 is 10.9 Å². The average Bonchev–Trinajstić information content (AvgIpc) is 2.66. The highest BCUT2D eigenvalue weighted by Gasteiger charge is 2.12. The van der Waals surface area contributed by atoms with E-state index in [-0.39, 0.29) is 5.91 Å². The number of carboxylic acid groups (broad SMARTS) is 1. The van der Waals surface area contributed by atoms with Crippen LogP contribution in [0.25, 0.3) is 0 Å². The molecule has 14 heavy (non-hydrogen) atoms. The van der Waals surface area contributed by atoms with Crippen molar-refractivity contribution in [2.24, 2.45) is 0 Å². The molecule has 0 fully saturated rings. The van der Waals surface area contributed by atoms with E-state index in [1.54, 1.807) is 17.5 Å². The number of carbonyl (C=O) groups excluding carboxylic acids is 1. The van der Waals surface area contributed by atoms with Gasteiger partial charge in [-0.05, 0) is 18.4 Å². The number of aliphatic carboxylic acids is 1. The number of rotatable bonds is 4. The van der Waals surface area contributed by atoms with Gasteiger partial charge in [0.15, 0.2) is 0 Å². The summed E-state index contributed by atoms with van der Waals surface area (Å²) in [7, 11) is 0. The minimum Gasteiger partial charge on any atom is -0.480 e. The van der Waals surface area contributed by atoms with Crippen LogP contribution in [0.2, 0.25) is 0 Å². The lowest BCUT2D eigenvalue weighted by Crippen LogP contribution is -2.46. The largest absolute Gasteiger partial charge is 0.480 e. The zero-order valence-electron chi connectivity index (χ0n) is 7.48. The molecule has 1 rings (SSSR count). The Morgan fingerprint density at radius 3 is 2.79 bits per heavy atom. The maximum Gasteiger partial charge on any atom is 0.322 e. The molecule has 0 radical (unpaired) electrons. The number of hydrazine groups is 1. The van der Waals surface area contributed by atoms with Gasteiger partial charge in [-0.25, -0.2) is 5.43 Å². The van der Waals surface area contributed by atoms with E-state index in [0.717, 1.165) is 0 Å². The van der Waals surface area contributed by atoms with Crippen molar-refractivity contribution in [2.75, 3.05) is 0 Å². The quantitative estimate of drug-likeness (QED) is 0.636. The zero-order chi connectivity index (χ0) is 10.6. The maximum atomic E-state index is 11.3. The first-order valence-corrected chi connectivity index (χ1v) is 4.81. The lowest BCUT2D eigenvalue weighted by Gasteiger charge is -2.09. The third kappa shape index (κ3) is 2.82. The van der Waals surface area contributed by atoms with E-state index in [2.05, 4.69) is 10.9 Å². The van der Waals surface area contributed by atoms with Crippen molar-refractivity contribution in [2.45, 2.75) is 13.0 Å². The second kappa shape index (κ2) is 4.73. The van der Waals surface area contributed by atoms with Crippen LogP contribution in [0.15, 0.2) is 17.5 Å². The lowest BCUT2D eigenvalue weighted by atomic mass is 10.4.